The van der Waals surface area contributed by atoms with E-state index < -0.39 is 64.7 Å². The van der Waals surface area contributed by atoms with E-state index in [0.717, 1.165) is 25.4 Å². The second-order valence-corrected chi connectivity index (χ2v) is 15.1. The van der Waals surface area contributed by atoms with Crippen LogP contribution in [0, 0.1) is 36.0 Å². The number of likely N-dealkylation sites (tertiary alicyclic amines) is 1. The number of amides is 6. The maximum Gasteiger partial charge on any atom is 0.328 e. The van der Waals surface area contributed by atoms with Crippen LogP contribution < -0.4 is 15.4 Å². The summed E-state index contributed by atoms with van der Waals surface area (Å²) in [6.45, 7) is 3.69. The molecule has 6 atom stereocenters. The van der Waals surface area contributed by atoms with Gasteiger partial charge in [-0.15, -0.1) is 11.3 Å². The van der Waals surface area contributed by atoms with Gasteiger partial charge >= 0.3 is 6.03 Å². The zero-order valence-corrected chi connectivity index (χ0v) is 29.0. The number of halogens is 1. The van der Waals surface area contributed by atoms with Crippen LogP contribution in [0.4, 0.5) is 10.6 Å². The number of anilines is 1. The maximum absolute atomic E-state index is 15.0. The fourth-order valence-electron chi connectivity index (χ4n) is 8.97. The van der Waals surface area contributed by atoms with Gasteiger partial charge in [-0.1, -0.05) is 29.3 Å². The number of phenolic OH excluding ortho intramolecular Hbond substituents is 1. The standard InChI is InChI=1S/C36H32ClN5O7S/c1-15-19-12-16(37)8-11-25(19)50-30(15)22-14-26(40(3)39-22)41-32(45)21-13-20-17(9-10-18-27(20)33(46)42(31(18)44)35(38)48)29(36(21,2)34(41)47)28-23(43)6-5-7-24(28)49-4/h5-9,11-12,14,18,20-21,27,29,43H,10,13H2,1-4H3,(H2,38,48)/t18-,20+,21-,27-,29+,36+/m0/s1. The molecule has 0 bridgehead atoms. The number of allylic oxidation sites excluding steroid dienone is 2. The Morgan fingerprint density at radius 3 is 2.58 bits per heavy atom. The van der Waals surface area contributed by atoms with Crippen LogP contribution in [0.25, 0.3) is 20.7 Å². The number of phenols is 1. The number of aryl methyl sites for hydroxylation is 2. The molecule has 3 N–H and O–H groups in total. The molecule has 2 aromatic heterocycles. The Morgan fingerprint density at radius 2 is 1.86 bits per heavy atom. The number of ether oxygens (including phenoxy) is 1. The first-order chi connectivity index (χ1) is 23.8. The van der Waals surface area contributed by atoms with Gasteiger partial charge in [-0.25, -0.2) is 9.69 Å². The van der Waals surface area contributed by atoms with Gasteiger partial charge in [0, 0.05) is 34.3 Å². The molecule has 2 aromatic carbocycles. The van der Waals surface area contributed by atoms with E-state index in [-0.39, 0.29) is 24.4 Å². The van der Waals surface area contributed by atoms with E-state index in [1.165, 1.54) is 29.2 Å². The molecule has 0 unspecified atom stereocenters. The van der Waals surface area contributed by atoms with E-state index in [9.17, 15) is 29.1 Å². The second-order valence-electron chi connectivity index (χ2n) is 13.6. The van der Waals surface area contributed by atoms with E-state index in [1.807, 2.05) is 31.2 Å². The third kappa shape index (κ3) is 4.16. The van der Waals surface area contributed by atoms with Crippen LogP contribution in [0.3, 0.4) is 0 Å². The fraction of sp³-hybridized carbons (Fsp3) is 0.333. The number of nitrogens with two attached hydrogens (primary N) is 1. The molecule has 1 saturated carbocycles. The highest BCUT2D eigenvalue weighted by molar-refractivity contribution is 7.22. The number of carbonyl (C=O) groups excluding carboxylic acids is 5. The zero-order chi connectivity index (χ0) is 35.5. The fourth-order valence-corrected chi connectivity index (χ4v) is 10.3. The lowest BCUT2D eigenvalue weighted by Crippen LogP contribution is -2.49. The molecule has 0 radical (unpaired) electrons. The Morgan fingerprint density at radius 1 is 1.10 bits per heavy atom. The first-order valence-electron chi connectivity index (χ1n) is 16.1. The van der Waals surface area contributed by atoms with Crippen molar-refractivity contribution >= 4 is 68.5 Å². The highest BCUT2D eigenvalue weighted by atomic mass is 35.5. The van der Waals surface area contributed by atoms with Gasteiger partial charge in [0.15, 0.2) is 0 Å². The summed E-state index contributed by atoms with van der Waals surface area (Å²) in [6.07, 6.45) is 2.00. The number of fused-ring (bicyclic) bond motifs is 5. The number of methoxy groups -OCH3 is 1. The van der Waals surface area contributed by atoms with Crippen LogP contribution >= 0.6 is 22.9 Å². The Hall–Kier alpha value is -5.01. The first kappa shape index (κ1) is 32.2. The lowest BCUT2D eigenvalue weighted by Gasteiger charge is -2.49. The number of nitrogens with zero attached hydrogens (tertiary/aromatic N) is 4. The van der Waals surface area contributed by atoms with Crippen LogP contribution in [-0.2, 0) is 26.2 Å². The van der Waals surface area contributed by atoms with E-state index in [2.05, 4.69) is 0 Å². The number of rotatable bonds is 4. The molecule has 14 heteroatoms. The number of aromatic nitrogens is 2. The minimum absolute atomic E-state index is 0.0590. The number of hydrogen-bond donors (Lipinski definition) is 2. The number of imide groups is 4. The summed E-state index contributed by atoms with van der Waals surface area (Å²) in [4.78, 5) is 71.4. The van der Waals surface area contributed by atoms with Crippen molar-refractivity contribution in [1.82, 2.24) is 14.7 Å². The smallest absolute Gasteiger partial charge is 0.328 e. The Balaban J connectivity index is 1.28. The monoisotopic (exact) mass is 713 g/mol. The number of primary amides is 1. The number of thiophene rings is 1. The lowest BCUT2D eigenvalue weighted by atomic mass is 9.51. The van der Waals surface area contributed by atoms with Gasteiger partial charge in [-0.2, -0.15) is 10.00 Å². The van der Waals surface area contributed by atoms with E-state index in [4.69, 9.17) is 27.2 Å². The largest absolute Gasteiger partial charge is 0.508 e. The molecule has 6 amide bonds. The summed E-state index contributed by atoms with van der Waals surface area (Å²) in [5.74, 6) is -6.36. The summed E-state index contributed by atoms with van der Waals surface area (Å²) in [7, 11) is 3.11. The molecule has 0 spiro atoms. The van der Waals surface area contributed by atoms with Crippen molar-refractivity contribution in [2.45, 2.75) is 32.6 Å². The third-order valence-corrected chi connectivity index (χ3v) is 12.8. The SMILES string of the molecule is COc1cccc(O)c1[C@H]1C2=CC[C@@H]3C(=O)N(C(N)=O)C(=O)[C@@H]3[C@@H]2C[C@H]2C(=O)N(c3cc(-c4sc5ccc(Cl)cc5c4C)nn3C)C(=O)[C@@]12C. The summed E-state index contributed by atoms with van der Waals surface area (Å²) in [5.41, 5.74) is 6.50. The van der Waals surface area contributed by atoms with Crippen LogP contribution in [0.5, 0.6) is 11.5 Å². The Bertz CT molecular complexity index is 2260. The topological polar surface area (TPSA) is 165 Å². The van der Waals surface area contributed by atoms with Crippen LogP contribution in [0.15, 0.2) is 54.1 Å². The third-order valence-electron chi connectivity index (χ3n) is 11.3. The van der Waals surface area contributed by atoms with Crippen LogP contribution in [-0.4, -0.2) is 56.6 Å². The molecule has 4 heterocycles. The number of carbonyl (C=O) groups is 5. The summed E-state index contributed by atoms with van der Waals surface area (Å²) < 4.78 is 8.23. The summed E-state index contributed by atoms with van der Waals surface area (Å²) in [5, 5.41) is 17.7. The van der Waals surface area contributed by atoms with Gasteiger partial charge < -0.3 is 15.6 Å². The molecular formula is C36H32ClN5O7S. The second kappa shape index (κ2) is 11.0. The van der Waals surface area contributed by atoms with Crippen LogP contribution in [0.1, 0.15) is 36.8 Å². The molecule has 256 valence electrons. The van der Waals surface area contributed by atoms with Crippen molar-refractivity contribution in [3.63, 3.8) is 0 Å². The van der Waals surface area contributed by atoms with E-state index in [0.29, 0.717) is 32.5 Å². The quantitative estimate of drug-likeness (QED) is 0.213. The molecule has 2 aliphatic heterocycles. The van der Waals surface area contributed by atoms with Crippen molar-refractivity contribution in [3.8, 4) is 22.1 Å². The first-order valence-corrected chi connectivity index (χ1v) is 17.3. The van der Waals surface area contributed by atoms with Gasteiger partial charge in [-0.3, -0.25) is 23.9 Å². The molecular weight excluding hydrogens is 682 g/mol. The molecule has 4 aliphatic rings. The van der Waals surface area contributed by atoms with Gasteiger partial charge in [0.1, 0.15) is 23.0 Å². The minimum Gasteiger partial charge on any atom is -0.508 e. The Kier molecular flexibility index (Phi) is 7.08. The zero-order valence-electron chi connectivity index (χ0n) is 27.5. The van der Waals surface area contributed by atoms with E-state index >= 15 is 0 Å². The molecule has 3 fully saturated rings. The normalized spacial score (nSPS) is 27.5. The molecule has 2 saturated heterocycles. The van der Waals surface area contributed by atoms with Gasteiger partial charge in [0.05, 0.1) is 35.2 Å². The highest BCUT2D eigenvalue weighted by Crippen LogP contribution is 2.65. The van der Waals surface area contributed by atoms with Crippen molar-refractivity contribution in [3.05, 3.63) is 70.3 Å². The molecule has 4 aromatic rings. The minimum atomic E-state index is -1.44. The molecule has 8 rings (SSSR count). The van der Waals surface area contributed by atoms with Crippen LogP contribution in [0.2, 0.25) is 5.02 Å². The van der Waals surface area contributed by atoms with Crippen molar-refractivity contribution in [1.29, 1.82) is 0 Å². The van der Waals surface area contributed by atoms with Crippen molar-refractivity contribution in [2.24, 2.45) is 41.9 Å². The predicted octanol–water partition coefficient (Wildman–Crippen LogP) is 5.29. The average molecular weight is 714 g/mol. The van der Waals surface area contributed by atoms with Crippen molar-refractivity contribution in [2.75, 3.05) is 12.0 Å². The average Bonchev–Trinajstić information content (AvgIpc) is 3.75. The summed E-state index contributed by atoms with van der Waals surface area (Å²) >= 11 is 7.81. The van der Waals surface area contributed by atoms with Gasteiger partial charge in [0.25, 0.3) is 0 Å². The summed E-state index contributed by atoms with van der Waals surface area (Å²) in [6, 6.07) is 11.0. The highest BCUT2D eigenvalue weighted by Gasteiger charge is 2.68. The van der Waals surface area contributed by atoms with Crippen molar-refractivity contribution < 1.29 is 33.8 Å². The molecule has 12 nitrogen and oxygen atoms in total. The van der Waals surface area contributed by atoms with Gasteiger partial charge in [0.2, 0.25) is 23.6 Å². The Labute approximate surface area is 295 Å². The number of benzene rings is 2. The number of urea groups is 1. The molecule has 2 aliphatic carbocycles. The number of hydrogen-bond acceptors (Lipinski definition) is 9. The maximum atomic E-state index is 15.0. The predicted molar refractivity (Wildman–Crippen MR) is 184 cm³/mol. The van der Waals surface area contributed by atoms with E-state index in [1.54, 1.807) is 32.2 Å². The molecule has 50 heavy (non-hydrogen) atoms. The van der Waals surface area contributed by atoms with Gasteiger partial charge in [-0.05, 0) is 73.9 Å². The number of aromatic hydroxyl groups is 1. The lowest BCUT2D eigenvalue weighted by molar-refractivity contribution is -0.136.